The van der Waals surface area contributed by atoms with E-state index in [0.29, 0.717) is 11.5 Å². The molecule has 0 aliphatic heterocycles. The molecule has 1 aromatic carbocycles. The summed E-state index contributed by atoms with van der Waals surface area (Å²) in [5, 5.41) is 3.63. The van der Waals surface area contributed by atoms with E-state index in [1.165, 1.54) is 18.4 Å². The van der Waals surface area contributed by atoms with Crippen molar-refractivity contribution in [1.82, 2.24) is 5.32 Å². The second-order valence-corrected chi connectivity index (χ2v) is 6.40. The fraction of sp³-hybridized carbons (Fsp3) is 0.647. The van der Waals surface area contributed by atoms with E-state index < -0.39 is 0 Å². The molecule has 0 saturated heterocycles. The summed E-state index contributed by atoms with van der Waals surface area (Å²) in [6, 6.07) is 11.6. The first kappa shape index (κ1) is 13.6. The van der Waals surface area contributed by atoms with Crippen LogP contribution in [0.5, 0.6) is 0 Å². The van der Waals surface area contributed by atoms with Gasteiger partial charge in [-0.2, -0.15) is 0 Å². The van der Waals surface area contributed by atoms with E-state index in [4.69, 9.17) is 0 Å². The standard InChI is InChI=1S/C17H27N/c1-5-17(4,12-18-13(2)3)16-11-15(16)14-9-7-6-8-10-14/h6-10,13,15-16,18H,5,11-12H2,1-4H3. The van der Waals surface area contributed by atoms with Crippen LogP contribution in [0, 0.1) is 11.3 Å². The Kier molecular flexibility index (Phi) is 4.11. The van der Waals surface area contributed by atoms with Crippen molar-refractivity contribution in [2.45, 2.75) is 52.5 Å². The van der Waals surface area contributed by atoms with Gasteiger partial charge in [0.15, 0.2) is 0 Å². The maximum atomic E-state index is 3.63. The van der Waals surface area contributed by atoms with Crippen molar-refractivity contribution in [3.8, 4) is 0 Å². The van der Waals surface area contributed by atoms with Crippen LogP contribution in [-0.4, -0.2) is 12.6 Å². The van der Waals surface area contributed by atoms with Gasteiger partial charge in [0.2, 0.25) is 0 Å². The number of nitrogens with one attached hydrogen (secondary N) is 1. The van der Waals surface area contributed by atoms with E-state index in [-0.39, 0.29) is 0 Å². The molecule has 1 nitrogen and oxygen atoms in total. The molecule has 0 radical (unpaired) electrons. The minimum atomic E-state index is 0.449. The summed E-state index contributed by atoms with van der Waals surface area (Å²) in [5.41, 5.74) is 1.98. The Hall–Kier alpha value is -0.820. The third kappa shape index (κ3) is 2.95. The van der Waals surface area contributed by atoms with Gasteiger partial charge in [0, 0.05) is 12.6 Å². The van der Waals surface area contributed by atoms with E-state index in [1.807, 2.05) is 0 Å². The van der Waals surface area contributed by atoms with Gasteiger partial charge in [-0.25, -0.2) is 0 Å². The third-order valence-electron chi connectivity index (χ3n) is 4.64. The zero-order chi connectivity index (χ0) is 13.2. The second-order valence-electron chi connectivity index (χ2n) is 6.40. The van der Waals surface area contributed by atoms with Crippen LogP contribution < -0.4 is 5.32 Å². The molecular weight excluding hydrogens is 218 g/mol. The molecule has 0 bridgehead atoms. The molecule has 3 atom stereocenters. The number of hydrogen-bond donors (Lipinski definition) is 1. The molecule has 100 valence electrons. The average Bonchev–Trinajstić information content (AvgIpc) is 3.18. The summed E-state index contributed by atoms with van der Waals surface area (Å²) in [6.07, 6.45) is 2.63. The minimum absolute atomic E-state index is 0.449. The zero-order valence-electron chi connectivity index (χ0n) is 12.2. The maximum Gasteiger partial charge on any atom is 0.00106 e. The molecule has 1 aliphatic rings. The summed E-state index contributed by atoms with van der Waals surface area (Å²) >= 11 is 0. The van der Waals surface area contributed by atoms with E-state index in [2.05, 4.69) is 63.3 Å². The Morgan fingerprint density at radius 1 is 1.28 bits per heavy atom. The van der Waals surface area contributed by atoms with Gasteiger partial charge in [-0.15, -0.1) is 0 Å². The molecular formula is C17H27N. The van der Waals surface area contributed by atoms with Crippen molar-refractivity contribution in [3.63, 3.8) is 0 Å². The number of benzene rings is 1. The van der Waals surface area contributed by atoms with Crippen molar-refractivity contribution in [3.05, 3.63) is 35.9 Å². The highest BCUT2D eigenvalue weighted by Gasteiger charge is 2.49. The van der Waals surface area contributed by atoms with Gasteiger partial charge >= 0.3 is 0 Å². The summed E-state index contributed by atoms with van der Waals surface area (Å²) in [5.74, 6) is 1.65. The van der Waals surface area contributed by atoms with E-state index >= 15 is 0 Å². The van der Waals surface area contributed by atoms with Gasteiger partial charge in [-0.3, -0.25) is 0 Å². The van der Waals surface area contributed by atoms with Crippen molar-refractivity contribution in [2.24, 2.45) is 11.3 Å². The minimum Gasteiger partial charge on any atom is -0.314 e. The summed E-state index contributed by atoms with van der Waals surface area (Å²) in [7, 11) is 0. The Morgan fingerprint density at radius 3 is 2.50 bits per heavy atom. The van der Waals surface area contributed by atoms with Crippen LogP contribution in [0.3, 0.4) is 0 Å². The van der Waals surface area contributed by atoms with Gasteiger partial charge in [0.05, 0.1) is 0 Å². The van der Waals surface area contributed by atoms with Gasteiger partial charge < -0.3 is 5.32 Å². The fourth-order valence-electron chi connectivity index (χ4n) is 2.99. The largest absolute Gasteiger partial charge is 0.314 e. The lowest BCUT2D eigenvalue weighted by Gasteiger charge is -2.30. The van der Waals surface area contributed by atoms with Crippen molar-refractivity contribution in [2.75, 3.05) is 6.54 Å². The highest BCUT2D eigenvalue weighted by molar-refractivity contribution is 5.27. The summed E-state index contributed by atoms with van der Waals surface area (Å²) < 4.78 is 0. The molecule has 1 saturated carbocycles. The van der Waals surface area contributed by atoms with Crippen molar-refractivity contribution >= 4 is 0 Å². The van der Waals surface area contributed by atoms with Gasteiger partial charge in [-0.1, -0.05) is 58.0 Å². The highest BCUT2D eigenvalue weighted by Crippen LogP contribution is 2.57. The lowest BCUT2D eigenvalue weighted by Crippen LogP contribution is -2.37. The van der Waals surface area contributed by atoms with Crippen LogP contribution in [0.15, 0.2) is 30.3 Å². The molecule has 3 unspecified atom stereocenters. The van der Waals surface area contributed by atoms with E-state index in [1.54, 1.807) is 0 Å². The fourth-order valence-corrected chi connectivity index (χ4v) is 2.99. The normalized spacial score (nSPS) is 26.1. The molecule has 1 N–H and O–H groups in total. The SMILES string of the molecule is CCC(C)(CNC(C)C)C1CC1c1ccccc1. The molecule has 0 spiro atoms. The van der Waals surface area contributed by atoms with Crippen LogP contribution in [0.1, 0.15) is 52.0 Å². The van der Waals surface area contributed by atoms with Crippen LogP contribution >= 0.6 is 0 Å². The molecule has 0 amide bonds. The predicted octanol–water partition coefficient (Wildman–Crippen LogP) is 4.20. The monoisotopic (exact) mass is 245 g/mol. The average molecular weight is 245 g/mol. The zero-order valence-corrected chi connectivity index (χ0v) is 12.2. The number of rotatable bonds is 6. The molecule has 0 heterocycles. The first-order chi connectivity index (χ1) is 8.57. The third-order valence-corrected chi connectivity index (χ3v) is 4.64. The molecule has 1 fully saturated rings. The van der Waals surface area contributed by atoms with Crippen LogP contribution in [-0.2, 0) is 0 Å². The van der Waals surface area contributed by atoms with Crippen LogP contribution in [0.4, 0.5) is 0 Å². The van der Waals surface area contributed by atoms with Crippen LogP contribution in [0.25, 0.3) is 0 Å². The summed E-state index contributed by atoms with van der Waals surface area (Å²) in [6.45, 7) is 10.4. The molecule has 0 aromatic heterocycles. The Morgan fingerprint density at radius 2 is 1.94 bits per heavy atom. The molecule has 1 aliphatic carbocycles. The van der Waals surface area contributed by atoms with Gasteiger partial charge in [0.1, 0.15) is 0 Å². The quantitative estimate of drug-likeness (QED) is 0.792. The Bertz CT molecular complexity index is 370. The number of hydrogen-bond acceptors (Lipinski definition) is 1. The van der Waals surface area contributed by atoms with Crippen molar-refractivity contribution < 1.29 is 0 Å². The first-order valence-electron chi connectivity index (χ1n) is 7.35. The maximum absolute atomic E-state index is 3.63. The van der Waals surface area contributed by atoms with Gasteiger partial charge in [0.25, 0.3) is 0 Å². The first-order valence-corrected chi connectivity index (χ1v) is 7.35. The lowest BCUT2D eigenvalue weighted by molar-refractivity contribution is 0.236. The Balaban J connectivity index is 1.99. The Labute approximate surface area is 112 Å². The van der Waals surface area contributed by atoms with Crippen LogP contribution in [0.2, 0.25) is 0 Å². The predicted molar refractivity (Wildman–Crippen MR) is 78.8 cm³/mol. The van der Waals surface area contributed by atoms with E-state index in [0.717, 1.165) is 18.4 Å². The molecule has 2 rings (SSSR count). The molecule has 18 heavy (non-hydrogen) atoms. The van der Waals surface area contributed by atoms with Gasteiger partial charge in [-0.05, 0) is 35.7 Å². The smallest absolute Gasteiger partial charge is 0.00106 e. The molecule has 1 heteroatoms. The topological polar surface area (TPSA) is 12.0 Å². The van der Waals surface area contributed by atoms with E-state index in [9.17, 15) is 0 Å². The van der Waals surface area contributed by atoms with Crippen molar-refractivity contribution in [1.29, 1.82) is 0 Å². The highest BCUT2D eigenvalue weighted by atomic mass is 14.9. The lowest BCUT2D eigenvalue weighted by atomic mass is 9.80. The summed E-state index contributed by atoms with van der Waals surface area (Å²) in [4.78, 5) is 0. The second kappa shape index (κ2) is 5.44. The molecule has 1 aromatic rings.